The van der Waals surface area contributed by atoms with Crippen LogP contribution in [-0.4, -0.2) is 67.5 Å². The van der Waals surface area contributed by atoms with Crippen LogP contribution in [0.15, 0.2) is 73.1 Å². The zero-order chi connectivity index (χ0) is 32.6. The maximum Gasteiger partial charge on any atom is 0.433 e. The van der Waals surface area contributed by atoms with Crippen LogP contribution in [0.5, 0.6) is 0 Å². The van der Waals surface area contributed by atoms with E-state index in [1.165, 1.54) is 9.80 Å². The van der Waals surface area contributed by atoms with Gasteiger partial charge in [0, 0.05) is 36.3 Å². The number of rotatable bonds is 6. The van der Waals surface area contributed by atoms with Crippen LogP contribution in [0.4, 0.5) is 19.0 Å². The van der Waals surface area contributed by atoms with Crippen molar-refractivity contribution in [1.29, 1.82) is 5.26 Å². The average Bonchev–Trinajstić information content (AvgIpc) is 3.73. The molecule has 0 radical (unpaired) electrons. The van der Waals surface area contributed by atoms with Gasteiger partial charge in [-0.25, -0.2) is 14.6 Å². The van der Waals surface area contributed by atoms with E-state index in [1.54, 1.807) is 42.1 Å². The lowest BCUT2D eigenvalue weighted by atomic mass is 9.81. The molecule has 14 heteroatoms. The van der Waals surface area contributed by atoms with Gasteiger partial charge in [-0.05, 0) is 55.7 Å². The van der Waals surface area contributed by atoms with Crippen LogP contribution < -0.4 is 10.2 Å². The molecule has 11 nitrogen and oxygen atoms in total. The quantitative estimate of drug-likeness (QED) is 0.339. The van der Waals surface area contributed by atoms with Gasteiger partial charge in [-0.1, -0.05) is 30.3 Å². The first-order valence-corrected chi connectivity index (χ1v) is 14.6. The Hall–Kier alpha value is -5.58. The summed E-state index contributed by atoms with van der Waals surface area (Å²) in [5, 5.41) is 16.7. The highest BCUT2D eigenvalue weighted by Gasteiger charge is 2.45. The van der Waals surface area contributed by atoms with E-state index in [-0.39, 0.29) is 18.0 Å². The number of anilines is 1. The van der Waals surface area contributed by atoms with Crippen LogP contribution in [-0.2, 0) is 11.0 Å². The van der Waals surface area contributed by atoms with Crippen molar-refractivity contribution >= 4 is 23.5 Å². The van der Waals surface area contributed by atoms with Gasteiger partial charge >= 0.3 is 6.18 Å². The zero-order valence-electron chi connectivity index (χ0n) is 24.5. The number of hydrogen-bond acceptors (Lipinski definition) is 7. The molecule has 0 aliphatic carbocycles. The summed E-state index contributed by atoms with van der Waals surface area (Å²) in [5.74, 6) is -3.18. The summed E-state index contributed by atoms with van der Waals surface area (Å²) in [5.41, 5.74) is 0.681. The molecule has 2 aliphatic heterocycles. The minimum Gasteiger partial charge on any atom is -0.337 e. The fourth-order valence-electron chi connectivity index (χ4n) is 6.03. The first kappa shape index (κ1) is 30.4. The maximum atomic E-state index is 14.2. The van der Waals surface area contributed by atoms with E-state index in [0.717, 1.165) is 6.20 Å². The van der Waals surface area contributed by atoms with E-state index >= 15 is 0 Å². The molecule has 3 amide bonds. The highest BCUT2D eigenvalue weighted by atomic mass is 19.4. The van der Waals surface area contributed by atoms with Crippen LogP contribution in [0, 0.1) is 11.3 Å². The van der Waals surface area contributed by atoms with Crippen molar-refractivity contribution in [1.82, 2.24) is 30.0 Å². The van der Waals surface area contributed by atoms with E-state index in [1.807, 2.05) is 30.3 Å². The van der Waals surface area contributed by atoms with Gasteiger partial charge in [-0.2, -0.15) is 23.5 Å². The topological polar surface area (TPSA) is 137 Å². The molecule has 0 spiro atoms. The minimum absolute atomic E-state index is 0.187. The number of likely N-dealkylation sites (N-methyl/N-ethyl adjacent to an activating group) is 1. The number of hydrogen-bond donors (Lipinski definition) is 1. The number of aromatic nitrogens is 4. The molecule has 2 aromatic carbocycles. The normalized spacial score (nSPS) is 19.5. The number of fused-ring (bicyclic) bond motifs is 1. The predicted octanol–water partition coefficient (Wildman–Crippen LogP) is 4.11. The SMILES string of the molecule is CCN1C(=O)[C@@H](NC(=O)c2nccc(C(F)(F)F)n2)[C@H](c2cccc(C(=O)N3CCC[C@@H]3C#N)c2)c2cnn(-c3ccccc3)c21. The minimum atomic E-state index is -4.81. The van der Waals surface area contributed by atoms with Crippen molar-refractivity contribution in [2.45, 2.75) is 43.9 Å². The van der Waals surface area contributed by atoms with Gasteiger partial charge in [0.2, 0.25) is 5.82 Å². The Morgan fingerprint density at radius 3 is 2.61 bits per heavy atom. The molecular formula is C32H27F3N8O3. The summed E-state index contributed by atoms with van der Waals surface area (Å²) < 4.78 is 41.7. The van der Waals surface area contributed by atoms with Crippen molar-refractivity contribution < 1.29 is 27.6 Å². The lowest BCUT2D eigenvalue weighted by molar-refractivity contribution is -0.141. The van der Waals surface area contributed by atoms with Gasteiger partial charge in [0.25, 0.3) is 17.7 Å². The summed E-state index contributed by atoms with van der Waals surface area (Å²) in [6.45, 7) is 2.37. The molecule has 1 fully saturated rings. The molecule has 1 saturated heterocycles. The Balaban J connectivity index is 1.46. The molecule has 1 N–H and O–H groups in total. The van der Waals surface area contributed by atoms with Crippen LogP contribution in [0.25, 0.3) is 5.69 Å². The number of carbonyl (C=O) groups excluding carboxylic acids is 3. The van der Waals surface area contributed by atoms with Gasteiger partial charge in [0.15, 0.2) is 0 Å². The summed E-state index contributed by atoms with van der Waals surface area (Å²) in [7, 11) is 0. The first-order valence-electron chi connectivity index (χ1n) is 14.6. The van der Waals surface area contributed by atoms with E-state index in [9.17, 15) is 32.8 Å². The Morgan fingerprint density at radius 2 is 1.89 bits per heavy atom. The lowest BCUT2D eigenvalue weighted by Gasteiger charge is -2.38. The summed E-state index contributed by atoms with van der Waals surface area (Å²) in [6.07, 6.45) is -1.15. The molecule has 2 aromatic heterocycles. The number of para-hydroxylation sites is 1. The standard InChI is InChI=1S/C32H27F3N8O3/c1-2-41-29-23(18-38-43(29)21-10-4-3-5-11-21)25(19-8-6-9-20(16-19)30(45)42-15-7-12-22(42)17-36)26(31(41)46)40-28(44)27-37-14-13-24(39-27)32(33,34)35/h3-6,8-11,13-14,16,18,22,25-26H,2,7,12,15H2,1H3,(H,40,44)/t22-,25-,26+/m1/s1. The fourth-order valence-corrected chi connectivity index (χ4v) is 6.03. The Bertz CT molecular complexity index is 1850. The second-order valence-corrected chi connectivity index (χ2v) is 10.9. The van der Waals surface area contributed by atoms with Gasteiger partial charge in [0.1, 0.15) is 23.6 Å². The fraction of sp³-hybridized carbons (Fsp3) is 0.281. The number of nitrogens with one attached hydrogen (secondary N) is 1. The highest BCUT2D eigenvalue weighted by Crippen LogP contribution is 2.42. The number of carbonyl (C=O) groups is 3. The smallest absolute Gasteiger partial charge is 0.337 e. The van der Waals surface area contributed by atoms with E-state index in [0.29, 0.717) is 48.1 Å². The number of halogens is 3. The molecule has 0 unspecified atom stereocenters. The van der Waals surface area contributed by atoms with Gasteiger partial charge in [0.05, 0.1) is 18.0 Å². The molecule has 0 saturated carbocycles. The van der Waals surface area contributed by atoms with Gasteiger partial charge in [-0.3, -0.25) is 19.3 Å². The van der Waals surface area contributed by atoms with Crippen LogP contribution in [0.3, 0.4) is 0 Å². The molecule has 6 rings (SSSR count). The number of nitriles is 1. The number of amides is 3. The summed E-state index contributed by atoms with van der Waals surface area (Å²) in [4.78, 5) is 51.2. The van der Waals surface area contributed by atoms with E-state index < -0.39 is 47.5 Å². The summed E-state index contributed by atoms with van der Waals surface area (Å²) in [6, 6.07) is 16.6. The highest BCUT2D eigenvalue weighted by molar-refractivity contribution is 6.04. The van der Waals surface area contributed by atoms with Gasteiger partial charge < -0.3 is 10.2 Å². The number of benzene rings is 2. The largest absolute Gasteiger partial charge is 0.433 e. The van der Waals surface area contributed by atoms with Gasteiger partial charge in [-0.15, -0.1) is 0 Å². The molecule has 234 valence electrons. The number of likely N-dealkylation sites (tertiary alicyclic amines) is 1. The molecule has 4 heterocycles. The third kappa shape index (κ3) is 5.44. The van der Waals surface area contributed by atoms with Crippen molar-refractivity contribution in [2.75, 3.05) is 18.0 Å². The molecular weight excluding hydrogens is 601 g/mol. The second kappa shape index (κ2) is 12.1. The van der Waals surface area contributed by atoms with E-state index in [2.05, 4.69) is 26.5 Å². The molecule has 2 aliphatic rings. The van der Waals surface area contributed by atoms with Crippen molar-refractivity contribution in [2.24, 2.45) is 0 Å². The molecule has 46 heavy (non-hydrogen) atoms. The first-order chi connectivity index (χ1) is 22.1. The third-order valence-electron chi connectivity index (χ3n) is 8.14. The van der Waals surface area contributed by atoms with Crippen LogP contribution >= 0.6 is 0 Å². The predicted molar refractivity (Wildman–Crippen MR) is 158 cm³/mol. The van der Waals surface area contributed by atoms with Crippen molar-refractivity contribution in [3.05, 3.63) is 101 Å². The Kier molecular flexibility index (Phi) is 7.99. The van der Waals surface area contributed by atoms with Crippen LogP contribution in [0.2, 0.25) is 0 Å². The Labute approximate surface area is 261 Å². The Morgan fingerprint density at radius 1 is 1.11 bits per heavy atom. The summed E-state index contributed by atoms with van der Waals surface area (Å²) >= 11 is 0. The third-order valence-corrected chi connectivity index (χ3v) is 8.14. The maximum absolute atomic E-state index is 14.2. The van der Waals surface area contributed by atoms with Crippen molar-refractivity contribution in [3.63, 3.8) is 0 Å². The zero-order valence-corrected chi connectivity index (χ0v) is 24.5. The molecule has 4 aromatic rings. The van der Waals surface area contributed by atoms with Crippen molar-refractivity contribution in [3.8, 4) is 11.8 Å². The average molecular weight is 629 g/mol. The monoisotopic (exact) mass is 628 g/mol. The molecule has 0 bridgehead atoms. The lowest BCUT2D eigenvalue weighted by Crippen LogP contribution is -2.55. The molecule has 3 atom stereocenters. The second-order valence-electron chi connectivity index (χ2n) is 10.9. The number of alkyl halides is 3. The van der Waals surface area contributed by atoms with E-state index in [4.69, 9.17) is 0 Å². The van der Waals surface area contributed by atoms with Crippen LogP contribution in [0.1, 0.15) is 63.5 Å². The number of nitrogens with zero attached hydrogens (tertiary/aromatic N) is 7.